The molecule has 0 aliphatic carbocycles. The normalized spacial score (nSPS) is 13.4. The largest absolute Gasteiger partial charge is 0.382 e. The van der Waals surface area contributed by atoms with Crippen LogP contribution in [-0.2, 0) is 0 Å². The predicted molar refractivity (Wildman–Crippen MR) is 83.6 cm³/mol. The van der Waals surface area contributed by atoms with Gasteiger partial charge in [-0.2, -0.15) is 0 Å². The average Bonchev–Trinajstić information content (AvgIpc) is 2.83. The van der Waals surface area contributed by atoms with Gasteiger partial charge in [0.05, 0.1) is 17.4 Å². The van der Waals surface area contributed by atoms with E-state index < -0.39 is 0 Å². The molecule has 3 rings (SSSR count). The highest BCUT2D eigenvalue weighted by Crippen LogP contribution is 2.30. The molecule has 2 aromatic heterocycles. The molecular formula is C16H20N4. The Morgan fingerprint density at radius 1 is 1.20 bits per heavy atom. The lowest BCUT2D eigenvalue weighted by Gasteiger charge is -2.17. The van der Waals surface area contributed by atoms with Crippen molar-refractivity contribution in [3.05, 3.63) is 30.6 Å². The SMILES string of the molecule is CC(C)CC(C)n1cnc2c(N)nc3ccccc3c21. The summed E-state index contributed by atoms with van der Waals surface area (Å²) in [5.41, 5.74) is 8.88. The second kappa shape index (κ2) is 4.78. The van der Waals surface area contributed by atoms with Gasteiger partial charge < -0.3 is 10.3 Å². The van der Waals surface area contributed by atoms with Gasteiger partial charge in [-0.25, -0.2) is 9.97 Å². The first-order chi connectivity index (χ1) is 9.58. The molecule has 0 aliphatic rings. The zero-order valence-corrected chi connectivity index (χ0v) is 12.2. The highest BCUT2D eigenvalue weighted by atomic mass is 15.1. The van der Waals surface area contributed by atoms with Crippen LogP contribution >= 0.6 is 0 Å². The number of imidazole rings is 1. The average molecular weight is 268 g/mol. The van der Waals surface area contributed by atoms with Crippen LogP contribution in [0.4, 0.5) is 5.82 Å². The number of rotatable bonds is 3. The molecule has 0 amide bonds. The molecule has 0 saturated heterocycles. The first-order valence-corrected chi connectivity index (χ1v) is 7.08. The Morgan fingerprint density at radius 3 is 2.70 bits per heavy atom. The van der Waals surface area contributed by atoms with Gasteiger partial charge in [-0.05, 0) is 25.3 Å². The summed E-state index contributed by atoms with van der Waals surface area (Å²) in [5.74, 6) is 1.15. The Bertz CT molecular complexity index is 758. The minimum absolute atomic E-state index is 0.394. The molecule has 1 aromatic carbocycles. The van der Waals surface area contributed by atoms with Crippen molar-refractivity contribution in [1.29, 1.82) is 0 Å². The number of anilines is 1. The van der Waals surface area contributed by atoms with E-state index in [2.05, 4.69) is 41.4 Å². The van der Waals surface area contributed by atoms with Crippen LogP contribution in [-0.4, -0.2) is 14.5 Å². The van der Waals surface area contributed by atoms with Crippen LogP contribution in [0.1, 0.15) is 33.2 Å². The maximum Gasteiger partial charge on any atom is 0.152 e. The quantitative estimate of drug-likeness (QED) is 0.786. The Morgan fingerprint density at radius 2 is 1.95 bits per heavy atom. The number of aromatic nitrogens is 3. The van der Waals surface area contributed by atoms with Crippen molar-refractivity contribution in [3.63, 3.8) is 0 Å². The van der Waals surface area contributed by atoms with Crippen molar-refractivity contribution in [2.75, 3.05) is 5.73 Å². The van der Waals surface area contributed by atoms with Gasteiger partial charge in [0.15, 0.2) is 5.82 Å². The van der Waals surface area contributed by atoms with Crippen LogP contribution in [0.15, 0.2) is 30.6 Å². The topological polar surface area (TPSA) is 56.7 Å². The van der Waals surface area contributed by atoms with Crippen molar-refractivity contribution >= 4 is 27.8 Å². The molecule has 0 aliphatic heterocycles. The molecule has 0 saturated carbocycles. The minimum Gasteiger partial charge on any atom is -0.382 e. The molecule has 0 radical (unpaired) electrons. The fourth-order valence-corrected chi connectivity index (χ4v) is 2.90. The van der Waals surface area contributed by atoms with Gasteiger partial charge in [-0.3, -0.25) is 0 Å². The minimum atomic E-state index is 0.394. The fourth-order valence-electron chi connectivity index (χ4n) is 2.90. The highest BCUT2D eigenvalue weighted by Gasteiger charge is 2.16. The fraction of sp³-hybridized carbons (Fsp3) is 0.375. The van der Waals surface area contributed by atoms with Crippen LogP contribution in [0, 0.1) is 5.92 Å². The van der Waals surface area contributed by atoms with Crippen LogP contribution in [0.3, 0.4) is 0 Å². The van der Waals surface area contributed by atoms with Crippen molar-refractivity contribution in [2.45, 2.75) is 33.2 Å². The number of nitrogens with zero attached hydrogens (tertiary/aromatic N) is 3. The van der Waals surface area contributed by atoms with Crippen molar-refractivity contribution in [2.24, 2.45) is 5.92 Å². The molecule has 0 spiro atoms. The highest BCUT2D eigenvalue weighted by molar-refractivity contribution is 6.06. The molecule has 2 N–H and O–H groups in total. The number of fused-ring (bicyclic) bond motifs is 3. The number of nitrogen functional groups attached to an aromatic ring is 1. The van der Waals surface area contributed by atoms with Crippen molar-refractivity contribution < 1.29 is 0 Å². The van der Waals surface area contributed by atoms with Crippen LogP contribution in [0.2, 0.25) is 0 Å². The molecule has 0 fully saturated rings. The van der Waals surface area contributed by atoms with Gasteiger partial charge in [0.2, 0.25) is 0 Å². The number of nitrogens with two attached hydrogens (primary N) is 1. The number of benzene rings is 1. The monoisotopic (exact) mass is 268 g/mol. The summed E-state index contributed by atoms with van der Waals surface area (Å²) < 4.78 is 2.23. The molecule has 104 valence electrons. The number of pyridine rings is 1. The van der Waals surface area contributed by atoms with Crippen LogP contribution in [0.25, 0.3) is 21.9 Å². The molecule has 1 atom stereocenters. The van der Waals surface area contributed by atoms with E-state index in [1.54, 1.807) is 0 Å². The summed E-state index contributed by atoms with van der Waals surface area (Å²) in [4.78, 5) is 8.91. The van der Waals surface area contributed by atoms with E-state index in [0.29, 0.717) is 17.8 Å². The Hall–Kier alpha value is -2.10. The zero-order chi connectivity index (χ0) is 14.3. The second-order valence-corrected chi connectivity index (χ2v) is 5.84. The van der Waals surface area contributed by atoms with Crippen LogP contribution < -0.4 is 5.73 Å². The molecular weight excluding hydrogens is 248 g/mol. The second-order valence-electron chi connectivity index (χ2n) is 5.84. The van der Waals surface area contributed by atoms with E-state index in [1.165, 1.54) is 0 Å². The van der Waals surface area contributed by atoms with Crippen molar-refractivity contribution in [3.8, 4) is 0 Å². The van der Waals surface area contributed by atoms with E-state index in [-0.39, 0.29) is 0 Å². The van der Waals surface area contributed by atoms with Gasteiger partial charge in [0.25, 0.3) is 0 Å². The summed E-state index contributed by atoms with van der Waals surface area (Å²) >= 11 is 0. The lowest BCUT2D eigenvalue weighted by molar-refractivity contribution is 0.436. The smallest absolute Gasteiger partial charge is 0.152 e. The van der Waals surface area contributed by atoms with E-state index in [4.69, 9.17) is 5.73 Å². The molecule has 4 heteroatoms. The predicted octanol–water partition coefficient (Wildman–Crippen LogP) is 3.77. The summed E-state index contributed by atoms with van der Waals surface area (Å²) in [5, 5.41) is 1.12. The van der Waals surface area contributed by atoms with Gasteiger partial charge in [-0.1, -0.05) is 32.0 Å². The number of hydrogen-bond acceptors (Lipinski definition) is 3. The number of para-hydroxylation sites is 1. The van der Waals surface area contributed by atoms with E-state index in [1.807, 2.05) is 24.5 Å². The first-order valence-electron chi connectivity index (χ1n) is 7.08. The van der Waals surface area contributed by atoms with E-state index in [9.17, 15) is 0 Å². The maximum absolute atomic E-state index is 6.05. The molecule has 0 bridgehead atoms. The molecule has 4 nitrogen and oxygen atoms in total. The van der Waals surface area contributed by atoms with Gasteiger partial charge in [-0.15, -0.1) is 0 Å². The number of hydrogen-bond donors (Lipinski definition) is 1. The lowest BCUT2D eigenvalue weighted by atomic mass is 10.0. The van der Waals surface area contributed by atoms with E-state index >= 15 is 0 Å². The summed E-state index contributed by atoms with van der Waals surface area (Å²) in [6.45, 7) is 6.71. The summed E-state index contributed by atoms with van der Waals surface area (Å²) in [6, 6.07) is 8.49. The summed E-state index contributed by atoms with van der Waals surface area (Å²) in [7, 11) is 0. The van der Waals surface area contributed by atoms with Gasteiger partial charge in [0.1, 0.15) is 5.52 Å². The van der Waals surface area contributed by atoms with E-state index in [0.717, 1.165) is 28.4 Å². The molecule has 1 unspecified atom stereocenters. The molecule has 20 heavy (non-hydrogen) atoms. The summed E-state index contributed by atoms with van der Waals surface area (Å²) in [6.07, 6.45) is 3.00. The third-order valence-corrected chi connectivity index (χ3v) is 3.72. The third kappa shape index (κ3) is 2.01. The van der Waals surface area contributed by atoms with Crippen molar-refractivity contribution in [1.82, 2.24) is 14.5 Å². The Balaban J connectivity index is 2.29. The van der Waals surface area contributed by atoms with Gasteiger partial charge in [0, 0.05) is 11.4 Å². The standard InChI is InChI=1S/C16H20N4/c1-10(2)8-11(3)20-9-18-14-15(20)12-6-4-5-7-13(12)19-16(14)17/h4-7,9-11H,8H2,1-3H3,(H2,17,19). The van der Waals surface area contributed by atoms with Gasteiger partial charge >= 0.3 is 0 Å². The molecule has 3 aromatic rings. The Kier molecular flexibility index (Phi) is 3.08. The first kappa shape index (κ1) is 12.9. The third-order valence-electron chi connectivity index (χ3n) is 3.72. The Labute approximate surface area is 118 Å². The maximum atomic E-state index is 6.05. The molecule has 2 heterocycles. The lowest BCUT2D eigenvalue weighted by Crippen LogP contribution is -2.07. The zero-order valence-electron chi connectivity index (χ0n) is 12.2. The van der Waals surface area contributed by atoms with Crippen LogP contribution in [0.5, 0.6) is 0 Å².